The van der Waals surface area contributed by atoms with Gasteiger partial charge in [0.2, 0.25) is 0 Å². The molecule has 86 valence electrons. The SMILES string of the molecule is CC/C(=N/c1ccc(F)cc1)c1ccccc1. The molecule has 2 aromatic rings. The van der Waals surface area contributed by atoms with Gasteiger partial charge >= 0.3 is 0 Å². The van der Waals surface area contributed by atoms with Gasteiger partial charge in [-0.15, -0.1) is 0 Å². The first-order valence-electron chi connectivity index (χ1n) is 5.68. The second-order valence-electron chi connectivity index (χ2n) is 3.75. The van der Waals surface area contributed by atoms with Gasteiger partial charge in [-0.2, -0.15) is 0 Å². The van der Waals surface area contributed by atoms with Crippen molar-refractivity contribution in [3.05, 3.63) is 66.0 Å². The summed E-state index contributed by atoms with van der Waals surface area (Å²) in [5, 5.41) is 0. The van der Waals surface area contributed by atoms with Crippen LogP contribution in [0.3, 0.4) is 0 Å². The molecule has 0 spiro atoms. The van der Waals surface area contributed by atoms with Crippen LogP contribution in [0, 0.1) is 5.82 Å². The van der Waals surface area contributed by atoms with Gasteiger partial charge in [-0.3, -0.25) is 4.99 Å². The lowest BCUT2D eigenvalue weighted by molar-refractivity contribution is 0.628. The molecule has 0 heterocycles. The summed E-state index contributed by atoms with van der Waals surface area (Å²) in [6.45, 7) is 2.06. The molecule has 2 rings (SSSR count). The molecular formula is C15H14FN. The molecule has 0 atom stereocenters. The molecule has 2 heteroatoms. The molecule has 0 aromatic heterocycles. The van der Waals surface area contributed by atoms with Crippen molar-refractivity contribution in [2.75, 3.05) is 0 Å². The Labute approximate surface area is 101 Å². The van der Waals surface area contributed by atoms with E-state index in [4.69, 9.17) is 0 Å². The quantitative estimate of drug-likeness (QED) is 0.691. The summed E-state index contributed by atoms with van der Waals surface area (Å²) in [7, 11) is 0. The van der Waals surface area contributed by atoms with Gasteiger partial charge in [-0.25, -0.2) is 4.39 Å². The van der Waals surface area contributed by atoms with E-state index in [1.165, 1.54) is 12.1 Å². The van der Waals surface area contributed by atoms with Crippen molar-refractivity contribution in [2.45, 2.75) is 13.3 Å². The van der Waals surface area contributed by atoms with Crippen molar-refractivity contribution in [2.24, 2.45) is 4.99 Å². The van der Waals surface area contributed by atoms with Gasteiger partial charge in [0, 0.05) is 5.71 Å². The second-order valence-corrected chi connectivity index (χ2v) is 3.75. The van der Waals surface area contributed by atoms with Gasteiger partial charge < -0.3 is 0 Å². The third-order valence-electron chi connectivity index (χ3n) is 2.53. The maximum atomic E-state index is 12.8. The van der Waals surface area contributed by atoms with E-state index in [9.17, 15) is 4.39 Å². The summed E-state index contributed by atoms with van der Waals surface area (Å²) in [5.74, 6) is -0.235. The Hall–Kier alpha value is -1.96. The largest absolute Gasteiger partial charge is 0.253 e. The highest BCUT2D eigenvalue weighted by Crippen LogP contribution is 2.15. The Kier molecular flexibility index (Phi) is 3.66. The van der Waals surface area contributed by atoms with E-state index < -0.39 is 0 Å². The number of benzene rings is 2. The van der Waals surface area contributed by atoms with Crippen molar-refractivity contribution in [3.8, 4) is 0 Å². The summed E-state index contributed by atoms with van der Waals surface area (Å²) in [5.41, 5.74) is 2.91. The maximum absolute atomic E-state index is 12.8. The molecule has 0 amide bonds. The standard InChI is InChI=1S/C15H14FN/c1-2-15(12-6-4-3-5-7-12)17-14-10-8-13(16)9-11-14/h3-11H,2H2,1H3/b17-15-. The molecular weight excluding hydrogens is 213 g/mol. The lowest BCUT2D eigenvalue weighted by atomic mass is 10.1. The average molecular weight is 227 g/mol. The van der Waals surface area contributed by atoms with Gasteiger partial charge in [-0.1, -0.05) is 37.3 Å². The van der Waals surface area contributed by atoms with Crippen LogP contribution in [0.2, 0.25) is 0 Å². The van der Waals surface area contributed by atoms with E-state index in [1.807, 2.05) is 30.3 Å². The van der Waals surface area contributed by atoms with E-state index in [2.05, 4.69) is 11.9 Å². The fourth-order valence-electron chi connectivity index (χ4n) is 1.65. The van der Waals surface area contributed by atoms with E-state index >= 15 is 0 Å². The van der Waals surface area contributed by atoms with Crippen LogP contribution in [-0.4, -0.2) is 5.71 Å². The van der Waals surface area contributed by atoms with Crippen LogP contribution < -0.4 is 0 Å². The summed E-state index contributed by atoms with van der Waals surface area (Å²) in [6, 6.07) is 16.3. The Morgan fingerprint density at radius 3 is 2.24 bits per heavy atom. The monoisotopic (exact) mass is 227 g/mol. The van der Waals surface area contributed by atoms with E-state index in [1.54, 1.807) is 12.1 Å². The fourth-order valence-corrected chi connectivity index (χ4v) is 1.65. The van der Waals surface area contributed by atoms with Gasteiger partial charge in [0.15, 0.2) is 0 Å². The van der Waals surface area contributed by atoms with Gasteiger partial charge in [0.1, 0.15) is 5.82 Å². The van der Waals surface area contributed by atoms with Crippen LogP contribution in [-0.2, 0) is 0 Å². The molecule has 1 nitrogen and oxygen atoms in total. The normalized spacial score (nSPS) is 11.5. The zero-order valence-corrected chi connectivity index (χ0v) is 9.73. The van der Waals surface area contributed by atoms with Crippen molar-refractivity contribution < 1.29 is 4.39 Å². The predicted octanol–water partition coefficient (Wildman–Crippen LogP) is 4.36. The number of hydrogen-bond donors (Lipinski definition) is 0. The molecule has 0 aliphatic heterocycles. The number of halogens is 1. The maximum Gasteiger partial charge on any atom is 0.123 e. The topological polar surface area (TPSA) is 12.4 Å². The molecule has 0 bridgehead atoms. The lowest BCUT2D eigenvalue weighted by Gasteiger charge is -2.04. The van der Waals surface area contributed by atoms with E-state index in [0.717, 1.165) is 23.4 Å². The van der Waals surface area contributed by atoms with Crippen LogP contribution >= 0.6 is 0 Å². The molecule has 0 radical (unpaired) electrons. The lowest BCUT2D eigenvalue weighted by Crippen LogP contribution is -1.97. The van der Waals surface area contributed by atoms with Crippen molar-refractivity contribution >= 4 is 11.4 Å². The minimum atomic E-state index is -0.235. The van der Waals surface area contributed by atoms with Gasteiger partial charge in [0.25, 0.3) is 0 Å². The van der Waals surface area contributed by atoms with Gasteiger partial charge in [0.05, 0.1) is 5.69 Å². The third kappa shape index (κ3) is 3.00. The third-order valence-corrected chi connectivity index (χ3v) is 2.53. The highest BCUT2D eigenvalue weighted by molar-refractivity contribution is 6.01. The number of nitrogens with zero attached hydrogens (tertiary/aromatic N) is 1. The first-order chi connectivity index (χ1) is 8.29. The first-order valence-corrected chi connectivity index (χ1v) is 5.68. The smallest absolute Gasteiger partial charge is 0.123 e. The number of aliphatic imine (C=N–C) groups is 1. The number of hydrogen-bond acceptors (Lipinski definition) is 1. The van der Waals surface area contributed by atoms with E-state index in [-0.39, 0.29) is 5.82 Å². The van der Waals surface area contributed by atoms with Crippen LogP contribution in [0.15, 0.2) is 59.6 Å². The second kappa shape index (κ2) is 5.39. The fraction of sp³-hybridized carbons (Fsp3) is 0.133. The molecule has 0 unspecified atom stereocenters. The molecule has 0 aliphatic rings. The van der Waals surface area contributed by atoms with E-state index in [0.29, 0.717) is 0 Å². The molecule has 0 aliphatic carbocycles. The minimum absolute atomic E-state index is 0.235. The first kappa shape index (κ1) is 11.5. The van der Waals surface area contributed by atoms with Crippen LogP contribution in [0.1, 0.15) is 18.9 Å². The van der Waals surface area contributed by atoms with Crippen LogP contribution in [0.25, 0.3) is 0 Å². The minimum Gasteiger partial charge on any atom is -0.253 e. The zero-order chi connectivity index (χ0) is 12.1. The average Bonchev–Trinajstić information content (AvgIpc) is 2.39. The Balaban J connectivity index is 2.33. The molecule has 2 aromatic carbocycles. The Bertz CT molecular complexity index is 500. The highest BCUT2D eigenvalue weighted by atomic mass is 19.1. The highest BCUT2D eigenvalue weighted by Gasteiger charge is 2.00. The summed E-state index contributed by atoms with van der Waals surface area (Å²) in [6.07, 6.45) is 0.849. The Morgan fingerprint density at radius 1 is 1.00 bits per heavy atom. The van der Waals surface area contributed by atoms with Crippen LogP contribution in [0.4, 0.5) is 10.1 Å². The molecule has 0 N–H and O–H groups in total. The summed E-state index contributed by atoms with van der Waals surface area (Å²) in [4.78, 5) is 4.54. The van der Waals surface area contributed by atoms with Crippen molar-refractivity contribution in [3.63, 3.8) is 0 Å². The van der Waals surface area contributed by atoms with Crippen molar-refractivity contribution in [1.82, 2.24) is 0 Å². The predicted molar refractivity (Wildman–Crippen MR) is 69.3 cm³/mol. The van der Waals surface area contributed by atoms with Gasteiger partial charge in [-0.05, 0) is 36.2 Å². The Morgan fingerprint density at radius 2 is 1.65 bits per heavy atom. The van der Waals surface area contributed by atoms with Crippen LogP contribution in [0.5, 0.6) is 0 Å². The molecule has 0 saturated heterocycles. The molecule has 0 saturated carbocycles. The molecule has 17 heavy (non-hydrogen) atoms. The molecule has 0 fully saturated rings. The zero-order valence-electron chi connectivity index (χ0n) is 9.73. The number of rotatable bonds is 3. The summed E-state index contributed by atoms with van der Waals surface area (Å²) < 4.78 is 12.8. The summed E-state index contributed by atoms with van der Waals surface area (Å²) >= 11 is 0. The van der Waals surface area contributed by atoms with Crippen molar-refractivity contribution in [1.29, 1.82) is 0 Å².